The van der Waals surface area contributed by atoms with E-state index in [0.717, 1.165) is 75.1 Å². The van der Waals surface area contributed by atoms with Gasteiger partial charge in [0.15, 0.2) is 5.78 Å². The summed E-state index contributed by atoms with van der Waals surface area (Å²) in [5.41, 5.74) is 4.89. The van der Waals surface area contributed by atoms with E-state index in [1.165, 1.54) is 0 Å². The summed E-state index contributed by atoms with van der Waals surface area (Å²) in [5.74, 6) is 1.09. The quantitative estimate of drug-likeness (QED) is 0.245. The molecule has 5 rings (SSSR count). The Morgan fingerprint density at radius 1 is 1.13 bits per heavy atom. The van der Waals surface area contributed by atoms with Gasteiger partial charge in [-0.2, -0.15) is 0 Å². The van der Waals surface area contributed by atoms with Crippen LogP contribution in [-0.4, -0.2) is 39.5 Å². The van der Waals surface area contributed by atoms with Crippen LogP contribution in [-0.2, 0) is 14.3 Å². The predicted molar refractivity (Wildman–Crippen MR) is 153 cm³/mol. The maximum atomic E-state index is 13.0. The van der Waals surface area contributed by atoms with Crippen LogP contribution in [0.3, 0.4) is 0 Å². The number of Topliss-reactive ketones (excluding diaryl/α,β-unsaturated/α-hetero) is 1. The molecule has 198 valence electrons. The first-order chi connectivity index (χ1) is 18.1. The molecule has 0 radical (unpaired) electrons. The maximum absolute atomic E-state index is 13.0. The topological polar surface area (TPSA) is 74.2 Å². The van der Waals surface area contributed by atoms with Gasteiger partial charge in [0, 0.05) is 41.5 Å². The molecule has 4 aromatic rings. The first-order valence-electron chi connectivity index (χ1n) is 12.9. The molecule has 0 spiro atoms. The van der Waals surface area contributed by atoms with Crippen molar-refractivity contribution in [2.45, 2.75) is 65.1 Å². The van der Waals surface area contributed by atoms with Crippen LogP contribution in [0.4, 0.5) is 0 Å². The number of hydrogen-bond donors (Lipinski definition) is 0. The molecule has 38 heavy (non-hydrogen) atoms. The lowest BCUT2D eigenvalue weighted by atomic mass is 9.90. The molecule has 0 N–H and O–H groups in total. The van der Waals surface area contributed by atoms with Crippen LogP contribution in [0.1, 0.15) is 69.5 Å². The molecule has 0 amide bonds. The lowest BCUT2D eigenvalue weighted by Crippen LogP contribution is -2.27. The molecular weight excluding hydrogens is 518 g/mol. The van der Waals surface area contributed by atoms with Crippen LogP contribution in [0.25, 0.3) is 32.0 Å². The number of aryl methyl sites for hydroxylation is 1. The fourth-order valence-corrected chi connectivity index (χ4v) is 6.13. The van der Waals surface area contributed by atoms with Crippen LogP contribution in [0.2, 0.25) is 5.02 Å². The molecule has 1 atom stereocenters. The molecule has 1 aliphatic rings. The van der Waals surface area contributed by atoms with E-state index in [1.54, 1.807) is 18.3 Å². The zero-order valence-corrected chi connectivity index (χ0v) is 23.9. The van der Waals surface area contributed by atoms with Crippen molar-refractivity contribution in [1.82, 2.24) is 15.0 Å². The molecule has 0 bridgehead atoms. The minimum absolute atomic E-state index is 0.0424. The largest absolute Gasteiger partial charge is 0.381 e. The highest BCUT2D eigenvalue weighted by Crippen LogP contribution is 2.44. The summed E-state index contributed by atoms with van der Waals surface area (Å²) >= 11 is 7.82. The summed E-state index contributed by atoms with van der Waals surface area (Å²) in [4.78, 5) is 27.5. The molecule has 1 aliphatic heterocycles. The van der Waals surface area contributed by atoms with Crippen molar-refractivity contribution >= 4 is 38.9 Å². The standard InChI is InChI=1S/C30H32ClN3O3S/c1-17-16-23-27(38-29(34-23)22-10-13-32-28(33-22)20-11-14-36-15-12-20)25(19-6-8-21(31)9-7-19)24(17)26(18(2)35)37-30(3,4)5/h6-10,13,16,20,26H,11-12,14-15H2,1-5H3/t26-/m1/s1. The third-order valence-corrected chi connectivity index (χ3v) is 8.01. The van der Waals surface area contributed by atoms with Gasteiger partial charge in [0.05, 0.1) is 15.8 Å². The molecule has 2 aromatic carbocycles. The van der Waals surface area contributed by atoms with Gasteiger partial charge < -0.3 is 9.47 Å². The Labute approximate surface area is 232 Å². The average molecular weight is 550 g/mol. The van der Waals surface area contributed by atoms with Gasteiger partial charge >= 0.3 is 0 Å². The van der Waals surface area contributed by atoms with Gasteiger partial charge in [-0.05, 0) is 82.9 Å². The highest BCUT2D eigenvalue weighted by molar-refractivity contribution is 7.22. The predicted octanol–water partition coefficient (Wildman–Crippen LogP) is 7.72. The zero-order valence-electron chi connectivity index (χ0n) is 22.4. The van der Waals surface area contributed by atoms with Gasteiger partial charge in [-0.3, -0.25) is 4.79 Å². The number of fused-ring (bicyclic) bond motifs is 1. The van der Waals surface area contributed by atoms with Crippen molar-refractivity contribution in [2.75, 3.05) is 13.2 Å². The molecule has 1 fully saturated rings. The third kappa shape index (κ3) is 5.66. The number of aromatic nitrogens is 3. The SMILES string of the molecule is CC(=O)[C@@H](OC(C)(C)C)c1c(C)cc2nc(-c3ccnc(C4CCOCC4)n3)sc2c1-c1ccc(Cl)cc1. The summed E-state index contributed by atoms with van der Waals surface area (Å²) < 4.78 is 12.9. The molecule has 0 unspecified atom stereocenters. The second kappa shape index (κ2) is 10.8. The fourth-order valence-electron chi connectivity index (χ4n) is 4.91. The van der Waals surface area contributed by atoms with Gasteiger partial charge in [-0.25, -0.2) is 15.0 Å². The van der Waals surface area contributed by atoms with Crippen molar-refractivity contribution < 1.29 is 14.3 Å². The number of carbonyl (C=O) groups is 1. The van der Waals surface area contributed by atoms with Gasteiger partial charge in [0.1, 0.15) is 22.6 Å². The summed E-state index contributed by atoms with van der Waals surface area (Å²) in [6.45, 7) is 11.0. The van der Waals surface area contributed by atoms with Crippen molar-refractivity contribution in [3.05, 3.63) is 64.6 Å². The van der Waals surface area contributed by atoms with Gasteiger partial charge in [-0.1, -0.05) is 23.7 Å². The lowest BCUT2D eigenvalue weighted by Gasteiger charge is -2.29. The van der Waals surface area contributed by atoms with E-state index < -0.39 is 11.7 Å². The van der Waals surface area contributed by atoms with Crippen LogP contribution >= 0.6 is 22.9 Å². The van der Waals surface area contributed by atoms with E-state index in [0.29, 0.717) is 10.9 Å². The maximum Gasteiger partial charge on any atom is 0.163 e. The summed E-state index contributed by atoms with van der Waals surface area (Å²) in [6.07, 6.45) is 2.95. The Morgan fingerprint density at radius 2 is 1.84 bits per heavy atom. The second-order valence-electron chi connectivity index (χ2n) is 10.8. The number of ether oxygens (including phenoxy) is 2. The van der Waals surface area contributed by atoms with E-state index >= 15 is 0 Å². The number of hydrogen-bond acceptors (Lipinski definition) is 7. The van der Waals surface area contributed by atoms with Crippen LogP contribution in [0.15, 0.2) is 42.6 Å². The number of halogens is 1. The Kier molecular flexibility index (Phi) is 7.65. The average Bonchev–Trinajstić information content (AvgIpc) is 3.31. The van der Waals surface area contributed by atoms with Gasteiger partial charge in [0.2, 0.25) is 0 Å². The van der Waals surface area contributed by atoms with E-state index in [1.807, 2.05) is 70.3 Å². The molecule has 8 heteroatoms. The molecule has 1 saturated heterocycles. The lowest BCUT2D eigenvalue weighted by molar-refractivity contribution is -0.138. The number of rotatable bonds is 6. The number of thiazole rings is 1. The van der Waals surface area contributed by atoms with E-state index in [9.17, 15) is 4.79 Å². The summed E-state index contributed by atoms with van der Waals surface area (Å²) in [7, 11) is 0. The minimum atomic E-state index is -0.713. The van der Waals surface area contributed by atoms with E-state index in [4.69, 9.17) is 31.0 Å². The molecule has 2 aromatic heterocycles. The zero-order chi connectivity index (χ0) is 27.0. The first kappa shape index (κ1) is 26.9. The number of carbonyl (C=O) groups excluding carboxylic acids is 1. The Bertz CT molecular complexity index is 1470. The monoisotopic (exact) mass is 549 g/mol. The third-order valence-electron chi connectivity index (χ3n) is 6.64. The van der Waals surface area contributed by atoms with Crippen LogP contribution in [0, 0.1) is 6.92 Å². The smallest absolute Gasteiger partial charge is 0.163 e. The highest BCUT2D eigenvalue weighted by Gasteiger charge is 2.30. The normalized spacial score (nSPS) is 15.6. The molecule has 3 heterocycles. The summed E-state index contributed by atoms with van der Waals surface area (Å²) in [6, 6.07) is 11.7. The molecular formula is C30H32ClN3O3S. The number of nitrogens with zero attached hydrogens (tertiary/aromatic N) is 3. The van der Waals surface area contributed by atoms with Gasteiger partial charge in [0.25, 0.3) is 0 Å². The Hall–Kier alpha value is -2.71. The molecule has 6 nitrogen and oxygen atoms in total. The number of benzene rings is 2. The first-order valence-corrected chi connectivity index (χ1v) is 14.1. The molecule has 0 aliphatic carbocycles. The van der Waals surface area contributed by atoms with Crippen molar-refractivity contribution in [2.24, 2.45) is 0 Å². The fraction of sp³-hybridized carbons (Fsp3) is 0.400. The van der Waals surface area contributed by atoms with Crippen molar-refractivity contribution in [3.8, 4) is 21.8 Å². The van der Waals surface area contributed by atoms with Crippen molar-refractivity contribution in [3.63, 3.8) is 0 Å². The van der Waals surface area contributed by atoms with Crippen LogP contribution in [0.5, 0.6) is 0 Å². The van der Waals surface area contributed by atoms with E-state index in [-0.39, 0.29) is 5.78 Å². The van der Waals surface area contributed by atoms with Gasteiger partial charge in [-0.15, -0.1) is 11.3 Å². The molecule has 0 saturated carbocycles. The Morgan fingerprint density at radius 3 is 2.50 bits per heavy atom. The van der Waals surface area contributed by atoms with E-state index in [2.05, 4.69) is 4.98 Å². The van der Waals surface area contributed by atoms with Crippen molar-refractivity contribution in [1.29, 1.82) is 0 Å². The Balaban J connectivity index is 1.70. The van der Waals surface area contributed by atoms with Crippen LogP contribution < -0.4 is 0 Å². The highest BCUT2D eigenvalue weighted by atomic mass is 35.5. The summed E-state index contributed by atoms with van der Waals surface area (Å²) in [5, 5.41) is 1.47. The second-order valence-corrected chi connectivity index (χ2v) is 12.2. The minimum Gasteiger partial charge on any atom is -0.381 e. The number of ketones is 1.